The second kappa shape index (κ2) is 4.68. The normalized spacial score (nSPS) is 10.5. The zero-order valence-electron chi connectivity index (χ0n) is 9.31. The Bertz CT molecular complexity index is 570. The van der Waals surface area contributed by atoms with E-state index in [1.807, 2.05) is 0 Å². The van der Waals surface area contributed by atoms with Crippen LogP contribution in [0.25, 0.3) is 11.1 Å². The van der Waals surface area contributed by atoms with Crippen LogP contribution in [0.3, 0.4) is 0 Å². The van der Waals surface area contributed by atoms with Crippen molar-refractivity contribution in [2.75, 3.05) is 7.11 Å². The third-order valence-electron chi connectivity index (χ3n) is 2.47. The van der Waals surface area contributed by atoms with Gasteiger partial charge in [0.15, 0.2) is 23.3 Å². The molecule has 18 heavy (non-hydrogen) atoms. The van der Waals surface area contributed by atoms with E-state index < -0.39 is 28.8 Å². The second-order valence-electron chi connectivity index (χ2n) is 3.58. The van der Waals surface area contributed by atoms with Crippen LogP contribution in [0.2, 0.25) is 0 Å². The molecule has 0 atom stereocenters. The molecule has 94 valence electrons. The van der Waals surface area contributed by atoms with E-state index >= 15 is 0 Å². The number of halogens is 4. The fourth-order valence-electron chi connectivity index (χ4n) is 1.61. The molecule has 0 saturated heterocycles. The van der Waals surface area contributed by atoms with E-state index in [2.05, 4.69) is 0 Å². The van der Waals surface area contributed by atoms with Gasteiger partial charge in [0.05, 0.1) is 12.7 Å². The Kier molecular flexibility index (Phi) is 3.23. The largest absolute Gasteiger partial charge is 0.497 e. The third-order valence-corrected chi connectivity index (χ3v) is 2.47. The van der Waals surface area contributed by atoms with Crippen LogP contribution in [-0.4, -0.2) is 7.11 Å². The van der Waals surface area contributed by atoms with Crippen molar-refractivity contribution in [1.29, 1.82) is 0 Å². The Labute approximate surface area is 101 Å². The number of hydrogen-bond donors (Lipinski definition) is 0. The minimum Gasteiger partial charge on any atom is -0.497 e. The zero-order chi connectivity index (χ0) is 13.3. The highest BCUT2D eigenvalue weighted by atomic mass is 19.2. The predicted molar refractivity (Wildman–Crippen MR) is 58.3 cm³/mol. The van der Waals surface area contributed by atoms with E-state index in [1.165, 1.54) is 25.3 Å². The molecule has 0 radical (unpaired) electrons. The molecule has 0 spiro atoms. The molecule has 0 unspecified atom stereocenters. The molecule has 2 aromatic carbocycles. The summed E-state index contributed by atoms with van der Waals surface area (Å²) in [5, 5.41) is 0. The van der Waals surface area contributed by atoms with Gasteiger partial charge in [-0.3, -0.25) is 0 Å². The SMILES string of the molecule is COc1cccc(-c2c(F)c(F)cc(F)c2F)c1. The van der Waals surface area contributed by atoms with Crippen LogP contribution in [0.15, 0.2) is 30.3 Å². The highest BCUT2D eigenvalue weighted by Crippen LogP contribution is 2.31. The highest BCUT2D eigenvalue weighted by Gasteiger charge is 2.20. The van der Waals surface area contributed by atoms with Crippen LogP contribution < -0.4 is 4.74 Å². The summed E-state index contributed by atoms with van der Waals surface area (Å²) >= 11 is 0. The summed E-state index contributed by atoms with van der Waals surface area (Å²) in [6, 6.07) is 5.82. The van der Waals surface area contributed by atoms with E-state index in [-0.39, 0.29) is 11.6 Å². The van der Waals surface area contributed by atoms with Gasteiger partial charge in [0, 0.05) is 6.07 Å². The lowest BCUT2D eigenvalue weighted by atomic mass is 10.0. The van der Waals surface area contributed by atoms with Gasteiger partial charge in [-0.25, -0.2) is 17.6 Å². The summed E-state index contributed by atoms with van der Waals surface area (Å²) in [7, 11) is 1.37. The predicted octanol–water partition coefficient (Wildman–Crippen LogP) is 3.92. The molecule has 0 aliphatic heterocycles. The van der Waals surface area contributed by atoms with Gasteiger partial charge in [-0.2, -0.15) is 0 Å². The smallest absolute Gasteiger partial charge is 0.169 e. The molecule has 1 nitrogen and oxygen atoms in total. The first-order chi connectivity index (χ1) is 8.54. The van der Waals surface area contributed by atoms with E-state index in [4.69, 9.17) is 4.74 Å². The molecule has 0 aliphatic carbocycles. The van der Waals surface area contributed by atoms with Crippen LogP contribution in [0.4, 0.5) is 17.6 Å². The third kappa shape index (κ3) is 2.03. The molecule has 0 N–H and O–H groups in total. The monoisotopic (exact) mass is 256 g/mol. The summed E-state index contributed by atoms with van der Waals surface area (Å²) in [6.07, 6.45) is 0. The van der Waals surface area contributed by atoms with Gasteiger partial charge in [-0.05, 0) is 17.7 Å². The summed E-state index contributed by atoms with van der Waals surface area (Å²) in [6.45, 7) is 0. The van der Waals surface area contributed by atoms with Gasteiger partial charge in [0.2, 0.25) is 0 Å². The Balaban J connectivity index is 2.70. The van der Waals surface area contributed by atoms with Crippen LogP contribution in [-0.2, 0) is 0 Å². The van der Waals surface area contributed by atoms with Crippen molar-refractivity contribution in [3.05, 3.63) is 53.6 Å². The molecule has 0 aliphatic rings. The van der Waals surface area contributed by atoms with Gasteiger partial charge in [-0.15, -0.1) is 0 Å². The topological polar surface area (TPSA) is 9.23 Å². The molecule has 0 amide bonds. The molecule has 0 fully saturated rings. The average molecular weight is 256 g/mol. The molecule has 0 aromatic heterocycles. The molecule has 0 bridgehead atoms. The molecule has 2 aromatic rings. The Morgan fingerprint density at radius 1 is 0.889 bits per heavy atom. The first-order valence-electron chi connectivity index (χ1n) is 5.02. The quantitative estimate of drug-likeness (QED) is 0.584. The molecule has 5 heteroatoms. The van der Waals surface area contributed by atoms with Crippen molar-refractivity contribution in [3.8, 4) is 16.9 Å². The van der Waals surface area contributed by atoms with Gasteiger partial charge < -0.3 is 4.74 Å². The first-order valence-corrected chi connectivity index (χ1v) is 5.02. The van der Waals surface area contributed by atoms with Gasteiger partial charge >= 0.3 is 0 Å². The Morgan fingerprint density at radius 2 is 1.50 bits per heavy atom. The van der Waals surface area contributed by atoms with Crippen molar-refractivity contribution >= 4 is 0 Å². The number of benzene rings is 2. The first kappa shape index (κ1) is 12.4. The van der Waals surface area contributed by atoms with Crippen molar-refractivity contribution in [3.63, 3.8) is 0 Å². The lowest BCUT2D eigenvalue weighted by Gasteiger charge is -2.08. The van der Waals surface area contributed by atoms with Crippen LogP contribution in [0.1, 0.15) is 0 Å². The Morgan fingerprint density at radius 3 is 2.06 bits per heavy atom. The zero-order valence-corrected chi connectivity index (χ0v) is 9.31. The summed E-state index contributed by atoms with van der Waals surface area (Å²) in [4.78, 5) is 0. The molecule has 2 rings (SSSR count). The molecular weight excluding hydrogens is 248 g/mol. The van der Waals surface area contributed by atoms with Gasteiger partial charge in [0.1, 0.15) is 5.75 Å². The maximum atomic E-state index is 13.5. The van der Waals surface area contributed by atoms with Crippen molar-refractivity contribution in [1.82, 2.24) is 0 Å². The lowest BCUT2D eigenvalue weighted by molar-refractivity contribution is 0.415. The van der Waals surface area contributed by atoms with E-state index in [9.17, 15) is 17.6 Å². The minimum absolute atomic E-state index is 0.00255. The Hall–Kier alpha value is -2.04. The minimum atomic E-state index is -1.44. The number of rotatable bonds is 2. The summed E-state index contributed by atoms with van der Waals surface area (Å²) in [5.41, 5.74) is -0.742. The summed E-state index contributed by atoms with van der Waals surface area (Å²) < 4.78 is 58.1. The van der Waals surface area contributed by atoms with E-state index in [0.717, 1.165) is 0 Å². The second-order valence-corrected chi connectivity index (χ2v) is 3.58. The fourth-order valence-corrected chi connectivity index (χ4v) is 1.61. The van der Waals surface area contributed by atoms with Crippen LogP contribution >= 0.6 is 0 Å². The standard InChI is InChI=1S/C13H8F4O/c1-18-8-4-2-3-7(5-8)11-12(16)9(14)6-10(15)13(11)17/h2-6H,1H3. The highest BCUT2D eigenvalue weighted by molar-refractivity contribution is 5.66. The number of ether oxygens (including phenoxy) is 1. The van der Waals surface area contributed by atoms with E-state index in [0.29, 0.717) is 5.75 Å². The molecule has 0 heterocycles. The summed E-state index contributed by atoms with van der Waals surface area (Å²) in [5.74, 6) is -5.40. The number of methoxy groups -OCH3 is 1. The maximum Gasteiger partial charge on any atom is 0.169 e. The van der Waals surface area contributed by atoms with Gasteiger partial charge in [-0.1, -0.05) is 12.1 Å². The lowest BCUT2D eigenvalue weighted by Crippen LogP contribution is -1.98. The molecule has 0 saturated carbocycles. The average Bonchev–Trinajstić information content (AvgIpc) is 2.37. The van der Waals surface area contributed by atoms with Crippen LogP contribution in [0.5, 0.6) is 5.75 Å². The fraction of sp³-hybridized carbons (Fsp3) is 0.0769. The van der Waals surface area contributed by atoms with Crippen molar-refractivity contribution < 1.29 is 22.3 Å². The van der Waals surface area contributed by atoms with E-state index in [1.54, 1.807) is 6.07 Å². The van der Waals surface area contributed by atoms with Crippen molar-refractivity contribution in [2.24, 2.45) is 0 Å². The van der Waals surface area contributed by atoms with Crippen LogP contribution in [0, 0.1) is 23.3 Å². The maximum absolute atomic E-state index is 13.5. The van der Waals surface area contributed by atoms with Crippen molar-refractivity contribution in [2.45, 2.75) is 0 Å². The number of hydrogen-bond acceptors (Lipinski definition) is 1. The molecular formula is C13H8F4O. The van der Waals surface area contributed by atoms with Gasteiger partial charge in [0.25, 0.3) is 0 Å².